The molecule has 0 radical (unpaired) electrons. The van der Waals surface area contributed by atoms with E-state index in [1.807, 2.05) is 0 Å². The van der Waals surface area contributed by atoms with E-state index in [9.17, 15) is 0 Å². The number of primary amides is 1. The van der Waals surface area contributed by atoms with Crippen LogP contribution < -0.4 is 11.9 Å². The lowest BCUT2D eigenvalue weighted by Crippen LogP contribution is -1.95. The number of hydrogen-bond acceptors (Lipinski definition) is 2. The van der Waals surface area contributed by atoms with Gasteiger partial charge in [0, 0.05) is 0 Å². The molecule has 4 heteroatoms. The smallest absolute Gasteiger partial charge is 0.273 e. The van der Waals surface area contributed by atoms with Crippen LogP contribution in [0.5, 0.6) is 0 Å². The van der Waals surface area contributed by atoms with Crippen molar-refractivity contribution in [1.82, 2.24) is 6.15 Å². The van der Waals surface area contributed by atoms with Crippen LogP contribution in [0.4, 0.5) is 4.79 Å². The summed E-state index contributed by atoms with van der Waals surface area (Å²) in [5.74, 6) is 0. The van der Waals surface area contributed by atoms with Crippen LogP contribution >= 0.6 is 12.6 Å². The third-order valence-corrected chi connectivity index (χ3v) is 0. The fourth-order valence-electron chi connectivity index (χ4n) is 0. The molecule has 0 aliphatic heterocycles. The number of carbonyl (C=O) groups excluding carboxylic acids is 1. The lowest BCUT2D eigenvalue weighted by atomic mass is 11.5. The third kappa shape index (κ3) is 247. The zero-order chi connectivity index (χ0) is 3.58. The van der Waals surface area contributed by atoms with E-state index in [1.165, 1.54) is 0 Å². The van der Waals surface area contributed by atoms with Gasteiger partial charge in [0.15, 0.2) is 0 Å². The molecule has 0 saturated heterocycles. The first-order chi connectivity index (χ1) is 1.73. The standard InChI is InChI=1S/CH3NOS.H3N/c2-1(3)4;/h(H3,2,3,4);1H3. The van der Waals surface area contributed by atoms with Crippen LogP contribution in [0, 0.1) is 0 Å². The summed E-state index contributed by atoms with van der Waals surface area (Å²) in [5.41, 5.74) is 4.34. The molecule has 0 fully saturated rings. The SMILES string of the molecule is N.NC(=O)S. The Hall–Kier alpha value is -0.220. The van der Waals surface area contributed by atoms with Crippen molar-refractivity contribution in [3.8, 4) is 0 Å². The highest BCUT2D eigenvalue weighted by molar-refractivity contribution is 7.96. The van der Waals surface area contributed by atoms with Crippen LogP contribution in [0.2, 0.25) is 0 Å². The second kappa shape index (κ2) is 3.78. The Kier molecular flexibility index (Phi) is 6.68. The Bertz CT molecular complexity index is 32.6. The number of thiol groups is 1. The minimum Gasteiger partial charge on any atom is -0.361 e. The topological polar surface area (TPSA) is 78.1 Å². The lowest BCUT2D eigenvalue weighted by Gasteiger charge is -1.58. The normalized spacial score (nSPS) is 5.00. The quantitative estimate of drug-likeness (QED) is 0.374. The zero-order valence-electron chi connectivity index (χ0n) is 2.64. The van der Waals surface area contributed by atoms with E-state index >= 15 is 0 Å². The Morgan fingerprint density at radius 1 is 1.80 bits per heavy atom. The van der Waals surface area contributed by atoms with Gasteiger partial charge in [0.2, 0.25) is 0 Å². The van der Waals surface area contributed by atoms with E-state index in [0.29, 0.717) is 0 Å². The summed E-state index contributed by atoms with van der Waals surface area (Å²) in [5, 5.41) is -0.639. The molecule has 0 aromatic carbocycles. The highest BCUT2D eigenvalue weighted by atomic mass is 32.1. The van der Waals surface area contributed by atoms with Gasteiger partial charge in [0.1, 0.15) is 0 Å². The Labute approximate surface area is 35.5 Å². The molecule has 0 unspecified atom stereocenters. The van der Waals surface area contributed by atoms with Crippen LogP contribution in [0.25, 0.3) is 0 Å². The van der Waals surface area contributed by atoms with Gasteiger partial charge in [-0.05, 0) is 0 Å². The fraction of sp³-hybridized carbons (Fsp3) is 0. The monoisotopic (exact) mass is 94.0 g/mol. The summed E-state index contributed by atoms with van der Waals surface area (Å²) in [6.45, 7) is 0. The van der Waals surface area contributed by atoms with Gasteiger partial charge in [-0.1, -0.05) is 12.6 Å². The first-order valence-electron chi connectivity index (χ1n) is 0.716. The number of nitrogens with two attached hydrogens (primary N) is 1. The van der Waals surface area contributed by atoms with Crippen molar-refractivity contribution in [2.45, 2.75) is 0 Å². The van der Waals surface area contributed by atoms with Gasteiger partial charge in [0.25, 0.3) is 5.24 Å². The van der Waals surface area contributed by atoms with E-state index in [1.54, 1.807) is 0 Å². The molecule has 0 aromatic heterocycles. The van der Waals surface area contributed by atoms with Crippen molar-refractivity contribution in [2.75, 3.05) is 0 Å². The first-order valence-corrected chi connectivity index (χ1v) is 1.16. The van der Waals surface area contributed by atoms with Crippen LogP contribution in [0.3, 0.4) is 0 Å². The molecular formula is CH6N2OS. The van der Waals surface area contributed by atoms with Gasteiger partial charge in [-0.3, -0.25) is 4.79 Å². The van der Waals surface area contributed by atoms with Crippen LogP contribution in [-0.4, -0.2) is 5.24 Å². The van der Waals surface area contributed by atoms with Gasteiger partial charge < -0.3 is 11.9 Å². The Morgan fingerprint density at radius 2 is 1.80 bits per heavy atom. The predicted octanol–water partition coefficient (Wildman–Crippen LogP) is 0.157. The zero-order valence-corrected chi connectivity index (χ0v) is 3.53. The largest absolute Gasteiger partial charge is 0.361 e. The molecule has 1 amide bonds. The molecule has 0 aliphatic carbocycles. The molecule has 0 rings (SSSR count). The summed E-state index contributed by atoms with van der Waals surface area (Å²) in [7, 11) is 0. The molecule has 0 spiro atoms. The lowest BCUT2D eigenvalue weighted by molar-refractivity contribution is 0.267. The molecule has 0 bridgehead atoms. The Balaban J connectivity index is 0. The number of rotatable bonds is 0. The minimum absolute atomic E-state index is 0. The molecule has 0 saturated carbocycles. The van der Waals surface area contributed by atoms with Crippen molar-refractivity contribution in [2.24, 2.45) is 5.73 Å². The van der Waals surface area contributed by atoms with Gasteiger partial charge >= 0.3 is 0 Å². The van der Waals surface area contributed by atoms with Crippen molar-refractivity contribution in [1.29, 1.82) is 0 Å². The summed E-state index contributed by atoms with van der Waals surface area (Å²) in [6.07, 6.45) is 0. The van der Waals surface area contributed by atoms with Crippen molar-refractivity contribution < 1.29 is 4.79 Å². The highest BCUT2D eigenvalue weighted by Crippen LogP contribution is 1.60. The Morgan fingerprint density at radius 3 is 1.80 bits per heavy atom. The third-order valence-electron chi connectivity index (χ3n) is 0. The van der Waals surface area contributed by atoms with Crippen LogP contribution in [-0.2, 0) is 0 Å². The van der Waals surface area contributed by atoms with Gasteiger partial charge in [-0.25, -0.2) is 0 Å². The summed E-state index contributed by atoms with van der Waals surface area (Å²) < 4.78 is 0. The predicted molar refractivity (Wildman–Crippen MR) is 23.6 cm³/mol. The van der Waals surface area contributed by atoms with Crippen molar-refractivity contribution >= 4 is 17.9 Å². The maximum atomic E-state index is 9.09. The molecule has 32 valence electrons. The molecule has 0 aliphatic rings. The summed E-state index contributed by atoms with van der Waals surface area (Å²) in [6, 6.07) is 0. The average molecular weight is 94.1 g/mol. The van der Waals surface area contributed by atoms with Gasteiger partial charge in [-0.2, -0.15) is 0 Å². The van der Waals surface area contributed by atoms with E-state index in [2.05, 4.69) is 18.4 Å². The number of carbonyl (C=O) groups is 1. The molecular weight excluding hydrogens is 88.1 g/mol. The first kappa shape index (κ1) is 8.84. The number of amides is 1. The van der Waals surface area contributed by atoms with Crippen molar-refractivity contribution in [3.05, 3.63) is 0 Å². The van der Waals surface area contributed by atoms with Crippen LogP contribution in [0.1, 0.15) is 0 Å². The second-order valence-corrected chi connectivity index (χ2v) is 0.779. The van der Waals surface area contributed by atoms with E-state index in [0.717, 1.165) is 0 Å². The fourth-order valence-corrected chi connectivity index (χ4v) is 0. The molecule has 5 heavy (non-hydrogen) atoms. The molecule has 3 nitrogen and oxygen atoms in total. The van der Waals surface area contributed by atoms with Crippen molar-refractivity contribution in [3.63, 3.8) is 0 Å². The maximum absolute atomic E-state index is 9.09. The molecule has 0 aromatic rings. The van der Waals surface area contributed by atoms with Crippen LogP contribution in [0.15, 0.2) is 0 Å². The van der Waals surface area contributed by atoms with Gasteiger partial charge in [0.05, 0.1) is 0 Å². The molecule has 5 N–H and O–H groups in total. The average Bonchev–Trinajstić information content (AvgIpc) is 0.811. The second-order valence-electron chi connectivity index (χ2n) is 0.338. The summed E-state index contributed by atoms with van der Waals surface area (Å²) in [4.78, 5) is 9.09. The highest BCUT2D eigenvalue weighted by Gasteiger charge is 1.63. The van der Waals surface area contributed by atoms with E-state index in [-0.39, 0.29) is 6.15 Å². The number of hydrogen-bond donors (Lipinski definition) is 3. The van der Waals surface area contributed by atoms with E-state index in [4.69, 9.17) is 4.79 Å². The minimum atomic E-state index is -0.639. The summed E-state index contributed by atoms with van der Waals surface area (Å²) >= 11 is 3.10. The van der Waals surface area contributed by atoms with Gasteiger partial charge in [-0.15, -0.1) is 0 Å². The van der Waals surface area contributed by atoms with E-state index < -0.39 is 5.24 Å². The molecule has 0 heterocycles. The molecule has 0 atom stereocenters. The maximum Gasteiger partial charge on any atom is 0.273 e.